The number of nitrogens with zero attached hydrogens (tertiary/aromatic N) is 5. The summed E-state index contributed by atoms with van der Waals surface area (Å²) in [6, 6.07) is 65.3. The van der Waals surface area contributed by atoms with E-state index >= 15 is 0 Å². The molecular weight excluding hydrogens is 1150 g/mol. The Labute approximate surface area is 557 Å². The maximum atomic E-state index is 8.05. The molecule has 0 amide bonds. The minimum absolute atomic E-state index is 0.0890. The van der Waals surface area contributed by atoms with E-state index in [9.17, 15) is 0 Å². The van der Waals surface area contributed by atoms with Crippen molar-refractivity contribution >= 4 is 72.2 Å². The molecule has 7 heteroatoms. The Morgan fingerprint density at radius 3 is 1.54 bits per heavy atom. The molecule has 12 aromatic rings. The van der Waals surface area contributed by atoms with E-state index in [1.165, 1.54) is 72.4 Å². The van der Waals surface area contributed by atoms with E-state index in [0.717, 1.165) is 72.4 Å². The molecular formula is C87H91N5O2. The lowest BCUT2D eigenvalue weighted by atomic mass is 9.77. The highest BCUT2D eigenvalue weighted by molar-refractivity contribution is 6.24. The lowest BCUT2D eigenvalue weighted by Crippen LogP contribution is -2.25. The van der Waals surface area contributed by atoms with Crippen LogP contribution in [0.3, 0.4) is 0 Å². The number of hydrogen-bond acceptors (Lipinski definition) is 5. The van der Waals surface area contributed by atoms with Crippen molar-refractivity contribution in [3.05, 3.63) is 232 Å². The lowest BCUT2D eigenvalue weighted by Gasteiger charge is -2.31. The number of para-hydroxylation sites is 4. The first kappa shape index (κ1) is 63.4. The van der Waals surface area contributed by atoms with Crippen LogP contribution in [0, 0.1) is 6.57 Å². The number of anilines is 4. The van der Waals surface area contributed by atoms with E-state index in [1.807, 2.05) is 24.4 Å². The number of rotatable bonds is 10. The number of ether oxygens (including phenoxy) is 1. The zero-order valence-electron chi connectivity index (χ0n) is 58.7. The molecule has 0 fully saturated rings. The van der Waals surface area contributed by atoms with E-state index in [4.69, 9.17) is 20.7 Å². The summed E-state index contributed by atoms with van der Waals surface area (Å²) < 4.78 is 16.5. The molecule has 0 N–H and O–H groups in total. The molecule has 9 aromatic carbocycles. The van der Waals surface area contributed by atoms with Crippen LogP contribution in [0.2, 0.25) is 0 Å². The number of pyridine rings is 1. The Bertz CT molecular complexity index is 4840. The maximum Gasteiger partial charge on any atom is 0.229 e. The van der Waals surface area contributed by atoms with Crippen molar-refractivity contribution in [2.75, 3.05) is 16.5 Å². The Hall–Kier alpha value is -9.38. The number of benzene rings is 9. The van der Waals surface area contributed by atoms with Gasteiger partial charge >= 0.3 is 0 Å². The molecule has 0 saturated carbocycles. The molecule has 7 nitrogen and oxygen atoms in total. The number of fused-ring (bicyclic) bond motifs is 8. The molecule has 13 rings (SSSR count). The average Bonchev–Trinajstić information content (AvgIpc) is 1.55. The van der Waals surface area contributed by atoms with Crippen LogP contribution >= 0.6 is 0 Å². The van der Waals surface area contributed by atoms with Gasteiger partial charge in [-0.1, -0.05) is 235 Å². The van der Waals surface area contributed by atoms with Gasteiger partial charge in [-0.05, 0) is 161 Å². The van der Waals surface area contributed by atoms with Gasteiger partial charge in [0.15, 0.2) is 0 Å². The Morgan fingerprint density at radius 1 is 0.457 bits per heavy atom. The Morgan fingerprint density at radius 2 is 0.989 bits per heavy atom. The summed E-state index contributed by atoms with van der Waals surface area (Å²) in [5, 5.41) is 3.84. The van der Waals surface area contributed by atoms with Crippen LogP contribution in [0.4, 0.5) is 28.4 Å². The third kappa shape index (κ3) is 11.4. The minimum atomic E-state index is -0.125. The summed E-state index contributed by atoms with van der Waals surface area (Å²) in [7, 11) is 0. The van der Waals surface area contributed by atoms with E-state index in [1.54, 1.807) is 0 Å². The quantitative estimate of drug-likeness (QED) is 0.128. The van der Waals surface area contributed by atoms with E-state index in [-0.39, 0.29) is 38.9 Å². The third-order valence-corrected chi connectivity index (χ3v) is 19.4. The second kappa shape index (κ2) is 23.0. The van der Waals surface area contributed by atoms with Crippen LogP contribution in [0.15, 0.2) is 187 Å². The predicted octanol–water partition coefficient (Wildman–Crippen LogP) is 25.4. The summed E-state index contributed by atoms with van der Waals surface area (Å²) in [4.78, 5) is 14.1. The van der Waals surface area contributed by atoms with Gasteiger partial charge < -0.3 is 19.0 Å². The summed E-state index contributed by atoms with van der Waals surface area (Å²) >= 11 is 0. The fourth-order valence-electron chi connectivity index (χ4n) is 13.9. The monoisotopic (exact) mass is 1240 g/mol. The van der Waals surface area contributed by atoms with Crippen LogP contribution in [0.5, 0.6) is 11.5 Å². The van der Waals surface area contributed by atoms with Crippen molar-refractivity contribution in [2.24, 2.45) is 0 Å². The molecule has 476 valence electrons. The van der Waals surface area contributed by atoms with Crippen LogP contribution in [-0.2, 0) is 27.1 Å². The molecule has 1 aliphatic rings. The van der Waals surface area contributed by atoms with Gasteiger partial charge in [-0.25, -0.2) is 9.83 Å². The van der Waals surface area contributed by atoms with Crippen molar-refractivity contribution in [1.82, 2.24) is 9.55 Å². The summed E-state index contributed by atoms with van der Waals surface area (Å²) in [6.07, 6.45) is 1.92. The normalized spacial score (nSPS) is 13.4. The molecule has 0 aliphatic carbocycles. The van der Waals surface area contributed by atoms with E-state index in [2.05, 4.69) is 308 Å². The van der Waals surface area contributed by atoms with Gasteiger partial charge in [0.1, 0.15) is 35.2 Å². The molecule has 0 atom stereocenters. The molecule has 94 heavy (non-hydrogen) atoms. The van der Waals surface area contributed by atoms with Crippen LogP contribution in [-0.4, -0.2) is 16.2 Å². The number of furan rings is 1. The standard InChI is InChI=1S/C87H91N5O2/c1-52(2)65-26-23-27-66(53(3)4)78(65)56-44-62(49-64(45-56)93-63-34-35-71-76(50-63)92(77-48-57(38-39-89-77)83(5,6)7)75-37-36-70-69-30-25-31-72(88-20)81(69)94-82(70)79(71)75)90-51-91(74-33-22-21-32-73(74)90)80-67(54-40-58(84(8,9)10)46-59(41-54)85(11,12)13)28-24-29-68(80)55-42-60(86(14,15)16)47-61(43-55)87(17,18)19/h21-50,52-53H,51H2,1-19H3. The van der Waals surface area contributed by atoms with Crippen LogP contribution in [0.1, 0.15) is 182 Å². The smallest absolute Gasteiger partial charge is 0.229 e. The second-order valence-electron chi connectivity index (χ2n) is 32.1. The van der Waals surface area contributed by atoms with Crippen molar-refractivity contribution in [3.63, 3.8) is 0 Å². The molecule has 0 saturated heterocycles. The van der Waals surface area contributed by atoms with Crippen LogP contribution in [0.25, 0.3) is 87.8 Å². The third-order valence-electron chi connectivity index (χ3n) is 19.4. The van der Waals surface area contributed by atoms with E-state index in [0.29, 0.717) is 23.7 Å². The van der Waals surface area contributed by atoms with Crippen molar-refractivity contribution in [2.45, 2.75) is 170 Å². The summed E-state index contributed by atoms with van der Waals surface area (Å²) in [6.45, 7) is 52.5. The second-order valence-corrected chi connectivity index (χ2v) is 32.1. The molecule has 0 unspecified atom stereocenters. The van der Waals surface area contributed by atoms with Crippen molar-refractivity contribution in [1.29, 1.82) is 0 Å². The highest BCUT2D eigenvalue weighted by Crippen LogP contribution is 2.54. The molecule has 0 spiro atoms. The number of hydrogen-bond donors (Lipinski definition) is 0. The van der Waals surface area contributed by atoms with E-state index < -0.39 is 0 Å². The van der Waals surface area contributed by atoms with Crippen LogP contribution < -0.4 is 14.5 Å². The first-order chi connectivity index (χ1) is 44.3. The van der Waals surface area contributed by atoms with Gasteiger partial charge in [0, 0.05) is 51.3 Å². The topological polar surface area (TPSA) is 51.0 Å². The highest BCUT2D eigenvalue weighted by atomic mass is 16.5. The average molecular weight is 1240 g/mol. The maximum absolute atomic E-state index is 8.05. The van der Waals surface area contributed by atoms with Crippen molar-refractivity contribution in [3.8, 4) is 50.7 Å². The first-order valence-electron chi connectivity index (χ1n) is 33.7. The zero-order chi connectivity index (χ0) is 66.9. The van der Waals surface area contributed by atoms with Gasteiger partial charge in [-0.15, -0.1) is 0 Å². The molecule has 4 heterocycles. The largest absolute Gasteiger partial charge is 0.466 e. The summed E-state index contributed by atoms with van der Waals surface area (Å²) in [5.41, 5.74) is 23.9. The predicted molar refractivity (Wildman–Crippen MR) is 399 cm³/mol. The van der Waals surface area contributed by atoms with Gasteiger partial charge in [-0.2, -0.15) is 0 Å². The van der Waals surface area contributed by atoms with Gasteiger partial charge in [-0.3, -0.25) is 4.57 Å². The molecule has 0 radical (unpaired) electrons. The van der Waals surface area contributed by atoms with Crippen molar-refractivity contribution < 1.29 is 9.15 Å². The molecule has 3 aromatic heterocycles. The van der Waals surface area contributed by atoms with Gasteiger partial charge in [0.25, 0.3) is 0 Å². The Kier molecular flexibility index (Phi) is 15.5. The minimum Gasteiger partial charge on any atom is -0.466 e. The Balaban J connectivity index is 1.04. The SMILES string of the molecule is [C-]#[N+]c1cccc2c1oc1c2ccc2c1c1ccc(Oc3cc(-c4c(C(C)C)cccc4C(C)C)cc(N4CN(c5c(-c6cc(C(C)(C)C)cc(C(C)(C)C)c6)cccc5-c5cc(C(C)(C)C)cc(C(C)(C)C)c5)c5ccccc54)c3)cc1n2-c1cc(C(C)(C)C)ccn1. The van der Waals surface area contributed by atoms with Gasteiger partial charge in [0.05, 0.1) is 40.1 Å². The lowest BCUT2D eigenvalue weighted by molar-refractivity contribution is 0.483. The molecule has 1 aliphatic heterocycles. The fourth-order valence-corrected chi connectivity index (χ4v) is 13.9. The first-order valence-corrected chi connectivity index (χ1v) is 33.7. The highest BCUT2D eigenvalue weighted by Gasteiger charge is 2.35. The molecule has 0 bridgehead atoms. The fraction of sp³-hybridized carbons (Fsp3) is 0.310. The number of aromatic nitrogens is 2. The summed E-state index contributed by atoms with van der Waals surface area (Å²) in [5.74, 6) is 2.72. The van der Waals surface area contributed by atoms with Gasteiger partial charge in [0.2, 0.25) is 5.69 Å². The zero-order valence-corrected chi connectivity index (χ0v) is 58.7.